The molecule has 3 aliphatic heterocycles. The van der Waals surface area contributed by atoms with Crippen LogP contribution in [0.15, 0.2) is 36.7 Å². The Bertz CT molecular complexity index is 1780. The SMILES string of the molecule is NC(=O)C1=CN([C@@H]2O[C@H](COP(=O)(O)OP(=O)(O)OC[C@H]3O[C@@H](n4cnc5c(N)ncnc54)[C@H](OP(=O)(O)O)[C@@H]3O)[C@@H](O)[C@H]2O)C=C[C@H]1S. The van der Waals surface area contributed by atoms with Crippen LogP contribution in [0.3, 0.4) is 0 Å². The average molecular weight is 777 g/mol. The minimum Gasteiger partial charge on any atom is -0.387 e. The van der Waals surface area contributed by atoms with Crippen molar-refractivity contribution in [3.8, 4) is 0 Å². The van der Waals surface area contributed by atoms with Gasteiger partial charge in [0.2, 0.25) is 5.91 Å². The third-order valence-corrected chi connectivity index (χ3v) is 10.8. The molecule has 24 nitrogen and oxygen atoms in total. The van der Waals surface area contributed by atoms with Crippen LogP contribution >= 0.6 is 36.1 Å². The standard InChI is InChI=1S/C21H30N7O17P3S/c22-17-12-19(25-6-24-17)28(7-26-12)21-16(44-46(33,34)35)14(30)10(43-21)5-41-48(38,39)45-47(36,37)40-4-9-13(29)15(31)20(42-9)27-2-1-11(49)8(3-27)18(23)32/h1-3,6-7,9-11,13-16,20-21,29-31,49H,4-5H2,(H2,23,32)(H,36,37)(H,38,39)(H2,22,24,25)(H2,33,34,35)/t9-,10-,11-,13-,14-,15-,16-,20-,21-/m1/s1. The molecule has 5 rings (SSSR count). The normalized spacial score (nSPS) is 33.0. The van der Waals surface area contributed by atoms with Gasteiger partial charge in [-0.05, 0) is 0 Å². The van der Waals surface area contributed by atoms with Gasteiger partial charge in [-0.15, -0.1) is 0 Å². The van der Waals surface area contributed by atoms with Gasteiger partial charge >= 0.3 is 23.5 Å². The number of anilines is 1. The Morgan fingerprint density at radius 3 is 2.16 bits per heavy atom. The highest BCUT2D eigenvalue weighted by Gasteiger charge is 2.51. The molecule has 2 aromatic rings. The molecule has 0 bridgehead atoms. The Balaban J connectivity index is 1.20. The number of nitrogen functional groups attached to an aromatic ring is 1. The summed E-state index contributed by atoms with van der Waals surface area (Å²) in [5, 5.41) is 31.0. The Morgan fingerprint density at radius 1 is 0.939 bits per heavy atom. The van der Waals surface area contributed by atoms with Crippen molar-refractivity contribution in [2.75, 3.05) is 18.9 Å². The molecule has 0 aromatic carbocycles. The van der Waals surface area contributed by atoms with E-state index in [0.29, 0.717) is 0 Å². The number of carbonyl (C=O) groups excluding carboxylic acids is 1. The number of aliphatic hydroxyl groups is 3. The highest BCUT2D eigenvalue weighted by molar-refractivity contribution is 7.81. The number of nitrogens with zero attached hydrogens (tertiary/aromatic N) is 5. The minimum atomic E-state index is -5.53. The zero-order valence-electron chi connectivity index (χ0n) is 24.4. The van der Waals surface area contributed by atoms with E-state index in [4.69, 9.17) is 30.0 Å². The lowest BCUT2D eigenvalue weighted by atomic mass is 10.1. The molecule has 11 N–H and O–H groups in total. The molecule has 11 atom stereocenters. The van der Waals surface area contributed by atoms with E-state index in [9.17, 15) is 53.4 Å². The van der Waals surface area contributed by atoms with Gasteiger partial charge in [-0.3, -0.25) is 22.9 Å². The van der Waals surface area contributed by atoms with Crippen molar-refractivity contribution < 1.29 is 80.7 Å². The molecule has 2 unspecified atom stereocenters. The van der Waals surface area contributed by atoms with E-state index in [0.717, 1.165) is 17.2 Å². The largest absolute Gasteiger partial charge is 0.481 e. The summed E-state index contributed by atoms with van der Waals surface area (Å²) in [5.74, 6) is -0.873. The first-order valence-electron chi connectivity index (χ1n) is 13.6. The van der Waals surface area contributed by atoms with Crippen molar-refractivity contribution >= 4 is 59.0 Å². The fraction of sp³-hybridized carbons (Fsp3) is 0.524. The lowest BCUT2D eigenvalue weighted by Crippen LogP contribution is -2.41. The molecule has 28 heteroatoms. The van der Waals surface area contributed by atoms with Crippen molar-refractivity contribution in [1.82, 2.24) is 24.4 Å². The molecular formula is C21H30N7O17P3S. The topological polar surface area (TPSA) is 364 Å². The summed E-state index contributed by atoms with van der Waals surface area (Å²) in [7, 11) is -16.3. The highest BCUT2D eigenvalue weighted by Crippen LogP contribution is 2.61. The first-order chi connectivity index (χ1) is 22.8. The van der Waals surface area contributed by atoms with Gasteiger partial charge in [0, 0.05) is 18.0 Å². The second-order valence-electron chi connectivity index (χ2n) is 10.5. The number of phosphoric ester groups is 3. The number of hydrogen-bond acceptors (Lipinski definition) is 19. The third-order valence-electron chi connectivity index (χ3n) is 7.21. The van der Waals surface area contributed by atoms with Crippen LogP contribution in [0.1, 0.15) is 6.23 Å². The molecule has 49 heavy (non-hydrogen) atoms. The van der Waals surface area contributed by atoms with E-state index in [1.807, 2.05) is 0 Å². The number of aromatic nitrogens is 4. The Morgan fingerprint density at radius 2 is 1.55 bits per heavy atom. The van der Waals surface area contributed by atoms with Gasteiger partial charge in [0.05, 0.1) is 24.8 Å². The maximum atomic E-state index is 12.6. The molecule has 2 saturated heterocycles. The number of thiol groups is 1. The van der Waals surface area contributed by atoms with E-state index >= 15 is 0 Å². The van der Waals surface area contributed by atoms with Crippen molar-refractivity contribution in [2.45, 2.75) is 54.3 Å². The number of imidazole rings is 1. The van der Waals surface area contributed by atoms with Crippen LogP contribution in [-0.4, -0.2) is 127 Å². The van der Waals surface area contributed by atoms with Crippen LogP contribution in [0.5, 0.6) is 0 Å². The number of fused-ring (bicyclic) bond motifs is 1. The average Bonchev–Trinajstić information content (AvgIpc) is 3.64. The Labute approximate surface area is 279 Å². The molecule has 0 saturated carbocycles. The smallest absolute Gasteiger partial charge is 0.387 e. The van der Waals surface area contributed by atoms with E-state index in [1.54, 1.807) is 0 Å². The van der Waals surface area contributed by atoms with Gasteiger partial charge in [0.1, 0.15) is 48.5 Å². The number of primary amides is 1. The van der Waals surface area contributed by atoms with Gasteiger partial charge in [-0.25, -0.2) is 28.6 Å². The van der Waals surface area contributed by atoms with Crippen molar-refractivity contribution in [3.63, 3.8) is 0 Å². The first-order valence-corrected chi connectivity index (χ1v) is 18.6. The number of hydrogen-bond donors (Lipinski definition) is 10. The van der Waals surface area contributed by atoms with Gasteiger partial charge in [-0.1, -0.05) is 6.08 Å². The summed E-state index contributed by atoms with van der Waals surface area (Å²) in [6.45, 7) is -2.05. The number of rotatable bonds is 13. The van der Waals surface area contributed by atoms with Gasteiger partial charge < -0.3 is 60.7 Å². The zero-order valence-corrected chi connectivity index (χ0v) is 28.0. The van der Waals surface area contributed by atoms with Gasteiger partial charge in [0.15, 0.2) is 23.9 Å². The molecule has 0 spiro atoms. The van der Waals surface area contributed by atoms with Gasteiger partial charge in [0.25, 0.3) is 0 Å². The molecular weight excluding hydrogens is 747 g/mol. The zero-order chi connectivity index (χ0) is 36.1. The lowest BCUT2D eigenvalue weighted by Gasteiger charge is -2.30. The van der Waals surface area contributed by atoms with Crippen LogP contribution in [0.25, 0.3) is 11.2 Å². The fourth-order valence-electron chi connectivity index (χ4n) is 4.97. The van der Waals surface area contributed by atoms with E-state index in [1.165, 1.54) is 23.4 Å². The number of phosphoric acid groups is 3. The summed E-state index contributed by atoms with van der Waals surface area (Å²) in [6, 6.07) is 0. The number of aliphatic hydroxyl groups excluding tert-OH is 3. The molecule has 272 valence electrons. The molecule has 3 aliphatic rings. The monoisotopic (exact) mass is 777 g/mol. The highest BCUT2D eigenvalue weighted by atomic mass is 32.1. The van der Waals surface area contributed by atoms with Crippen LogP contribution in [0.4, 0.5) is 5.82 Å². The summed E-state index contributed by atoms with van der Waals surface area (Å²) in [4.78, 5) is 63.6. The predicted molar refractivity (Wildman–Crippen MR) is 161 cm³/mol. The first kappa shape index (κ1) is 37.9. The second-order valence-corrected chi connectivity index (χ2v) is 15.3. The summed E-state index contributed by atoms with van der Waals surface area (Å²) in [5.41, 5.74) is 11.2. The summed E-state index contributed by atoms with van der Waals surface area (Å²) >= 11 is 4.18. The van der Waals surface area contributed by atoms with Crippen LogP contribution in [-0.2, 0) is 45.8 Å². The maximum Gasteiger partial charge on any atom is 0.481 e. The molecule has 2 aromatic heterocycles. The molecule has 5 heterocycles. The number of carbonyl (C=O) groups is 1. The molecule has 0 radical (unpaired) electrons. The third kappa shape index (κ3) is 8.57. The van der Waals surface area contributed by atoms with E-state index in [-0.39, 0.29) is 22.6 Å². The Kier molecular flexibility index (Phi) is 11.1. The Hall–Kier alpha value is -2.38. The fourth-order valence-corrected chi connectivity index (χ4v) is 7.87. The van der Waals surface area contributed by atoms with Crippen LogP contribution < -0.4 is 11.5 Å². The van der Waals surface area contributed by atoms with Gasteiger partial charge in [-0.2, -0.15) is 16.9 Å². The predicted octanol–water partition coefficient (Wildman–Crippen LogP) is -2.66. The number of amides is 1. The van der Waals surface area contributed by atoms with Crippen molar-refractivity contribution in [3.05, 3.63) is 36.7 Å². The summed E-state index contributed by atoms with van der Waals surface area (Å²) < 4.78 is 67.3. The lowest BCUT2D eigenvalue weighted by molar-refractivity contribution is -0.114. The molecule has 1 amide bonds. The number of nitrogens with two attached hydrogens (primary N) is 2. The van der Waals surface area contributed by atoms with E-state index < -0.39 is 96.9 Å². The van der Waals surface area contributed by atoms with Crippen molar-refractivity contribution in [1.29, 1.82) is 0 Å². The summed E-state index contributed by atoms with van der Waals surface area (Å²) in [6.07, 6.45) is -7.05. The van der Waals surface area contributed by atoms with Crippen LogP contribution in [0.2, 0.25) is 0 Å². The molecule has 2 fully saturated rings. The van der Waals surface area contributed by atoms with E-state index in [2.05, 4.69) is 36.4 Å². The second kappa shape index (κ2) is 14.3. The van der Waals surface area contributed by atoms with Crippen molar-refractivity contribution in [2.24, 2.45) is 5.73 Å². The number of ether oxygens (including phenoxy) is 2. The maximum absolute atomic E-state index is 12.6. The van der Waals surface area contributed by atoms with Crippen LogP contribution in [0, 0.1) is 0 Å². The molecule has 0 aliphatic carbocycles. The quantitative estimate of drug-likeness (QED) is 0.0732. The minimum absolute atomic E-state index is 0.000814.